The molecule has 2 amide bonds. The van der Waals surface area contributed by atoms with Crippen LogP contribution in [-0.2, 0) is 28.8 Å². The molecule has 0 radical (unpaired) electrons. The predicted octanol–water partition coefficient (Wildman–Crippen LogP) is -1.23. The summed E-state index contributed by atoms with van der Waals surface area (Å²) in [6, 6.07) is -0.974. The van der Waals surface area contributed by atoms with E-state index in [2.05, 4.69) is 5.32 Å². The summed E-state index contributed by atoms with van der Waals surface area (Å²) in [6.45, 7) is 1.42. The lowest BCUT2D eigenvalue weighted by molar-refractivity contribution is -0.256. The Bertz CT molecular complexity index is 477. The van der Waals surface area contributed by atoms with Gasteiger partial charge in [-0.05, 0) is 0 Å². The second-order valence-electron chi connectivity index (χ2n) is 4.47. The summed E-state index contributed by atoms with van der Waals surface area (Å²) in [5, 5.41) is 12.2. The lowest BCUT2D eigenvalue weighted by Crippen LogP contribution is -2.56. The largest absolute Gasteiger partial charge is 0.477 e. The standard InChI is InChI=1S/C11H14N2O7/c1-2-7(14)12-6-5-19-13(9(6)16)11(10(17)18)4-3-8(15)20-11/h6H,2-5H2,1H3,(H,12,14)(H,17,18)/t6-,11?/m0/s1. The monoisotopic (exact) mass is 286 g/mol. The molecule has 0 spiro atoms. The van der Waals surface area contributed by atoms with Gasteiger partial charge in [-0.2, -0.15) is 5.06 Å². The van der Waals surface area contributed by atoms with E-state index in [4.69, 9.17) is 9.57 Å². The molecule has 110 valence electrons. The zero-order valence-electron chi connectivity index (χ0n) is 10.7. The van der Waals surface area contributed by atoms with Crippen molar-refractivity contribution in [3.05, 3.63) is 0 Å². The van der Waals surface area contributed by atoms with E-state index in [0.717, 1.165) is 0 Å². The highest BCUT2D eigenvalue weighted by Crippen LogP contribution is 2.33. The zero-order valence-corrected chi connectivity index (χ0v) is 10.7. The first-order valence-electron chi connectivity index (χ1n) is 6.12. The van der Waals surface area contributed by atoms with Crippen LogP contribution in [0, 0.1) is 0 Å². The first-order valence-corrected chi connectivity index (χ1v) is 6.12. The number of hydroxylamine groups is 2. The van der Waals surface area contributed by atoms with Crippen molar-refractivity contribution in [3.8, 4) is 0 Å². The summed E-state index contributed by atoms with van der Waals surface area (Å²) in [5.41, 5.74) is -2.14. The molecule has 2 rings (SSSR count). The van der Waals surface area contributed by atoms with Crippen LogP contribution in [0.5, 0.6) is 0 Å². The van der Waals surface area contributed by atoms with Gasteiger partial charge in [0.1, 0.15) is 12.6 Å². The number of carboxylic acid groups (broad SMARTS) is 1. The minimum absolute atomic E-state index is 0.120. The van der Waals surface area contributed by atoms with Gasteiger partial charge in [0.15, 0.2) is 0 Å². The summed E-state index contributed by atoms with van der Waals surface area (Å²) in [5.74, 6) is -3.31. The summed E-state index contributed by atoms with van der Waals surface area (Å²) in [6.07, 6.45) is -0.129. The molecule has 9 nitrogen and oxygen atoms in total. The number of aliphatic carboxylic acids is 1. The van der Waals surface area contributed by atoms with Gasteiger partial charge in [0.2, 0.25) is 5.91 Å². The molecule has 0 aromatic heterocycles. The second-order valence-corrected chi connectivity index (χ2v) is 4.47. The first kappa shape index (κ1) is 14.3. The molecule has 2 aliphatic rings. The Morgan fingerprint density at radius 1 is 1.50 bits per heavy atom. The average Bonchev–Trinajstić information content (AvgIpc) is 2.95. The van der Waals surface area contributed by atoms with Gasteiger partial charge in [0, 0.05) is 12.8 Å². The molecule has 2 aliphatic heterocycles. The normalized spacial score (nSPS) is 29.4. The fourth-order valence-electron chi connectivity index (χ4n) is 2.05. The minimum Gasteiger partial charge on any atom is -0.477 e. The van der Waals surface area contributed by atoms with Crippen LogP contribution >= 0.6 is 0 Å². The zero-order chi connectivity index (χ0) is 14.9. The summed E-state index contributed by atoms with van der Waals surface area (Å²) in [4.78, 5) is 50.9. The topological polar surface area (TPSA) is 122 Å². The number of amides is 2. The summed E-state index contributed by atoms with van der Waals surface area (Å²) < 4.78 is 4.77. The number of rotatable bonds is 4. The Morgan fingerprint density at radius 3 is 2.70 bits per heavy atom. The van der Waals surface area contributed by atoms with Crippen molar-refractivity contribution in [1.29, 1.82) is 0 Å². The third-order valence-electron chi connectivity index (χ3n) is 3.14. The molecule has 0 bridgehead atoms. The van der Waals surface area contributed by atoms with E-state index in [0.29, 0.717) is 5.06 Å². The average molecular weight is 286 g/mol. The van der Waals surface area contributed by atoms with Gasteiger partial charge in [-0.1, -0.05) is 6.92 Å². The van der Waals surface area contributed by atoms with E-state index in [-0.39, 0.29) is 31.8 Å². The summed E-state index contributed by atoms with van der Waals surface area (Å²) in [7, 11) is 0. The number of nitrogens with one attached hydrogen (secondary N) is 1. The highest BCUT2D eigenvalue weighted by molar-refractivity contribution is 5.94. The fourth-order valence-corrected chi connectivity index (χ4v) is 2.05. The van der Waals surface area contributed by atoms with Crippen molar-refractivity contribution in [2.24, 2.45) is 0 Å². The van der Waals surface area contributed by atoms with Crippen molar-refractivity contribution >= 4 is 23.8 Å². The maximum Gasteiger partial charge on any atom is 0.372 e. The first-order chi connectivity index (χ1) is 9.40. The Hall–Kier alpha value is -2.16. The quantitative estimate of drug-likeness (QED) is 0.620. The Labute approximate surface area is 113 Å². The molecule has 2 atom stereocenters. The molecule has 1 unspecified atom stereocenters. The van der Waals surface area contributed by atoms with Gasteiger partial charge in [-0.25, -0.2) is 4.79 Å². The van der Waals surface area contributed by atoms with Crippen molar-refractivity contribution in [2.75, 3.05) is 6.61 Å². The Morgan fingerprint density at radius 2 is 2.20 bits per heavy atom. The van der Waals surface area contributed by atoms with Crippen molar-refractivity contribution < 1.29 is 33.9 Å². The molecular formula is C11H14N2O7. The van der Waals surface area contributed by atoms with Gasteiger partial charge in [0.05, 0.1) is 6.42 Å². The highest BCUT2D eigenvalue weighted by atomic mass is 16.7. The Kier molecular flexibility index (Phi) is 3.62. The number of carbonyl (C=O) groups is 4. The van der Waals surface area contributed by atoms with Crippen LogP contribution in [0.25, 0.3) is 0 Å². The van der Waals surface area contributed by atoms with Gasteiger partial charge in [-0.15, -0.1) is 0 Å². The molecule has 2 heterocycles. The number of carboxylic acids is 1. The van der Waals surface area contributed by atoms with Crippen LogP contribution in [0.2, 0.25) is 0 Å². The molecule has 0 saturated carbocycles. The van der Waals surface area contributed by atoms with Crippen LogP contribution in [-0.4, -0.2) is 52.3 Å². The van der Waals surface area contributed by atoms with Crippen LogP contribution in [0.3, 0.4) is 0 Å². The molecule has 0 aromatic rings. The molecule has 2 fully saturated rings. The number of ether oxygens (including phenoxy) is 1. The van der Waals surface area contributed by atoms with Gasteiger partial charge in [0.25, 0.3) is 5.91 Å². The molecule has 9 heteroatoms. The number of cyclic esters (lactones) is 1. The van der Waals surface area contributed by atoms with E-state index in [1.165, 1.54) is 0 Å². The van der Waals surface area contributed by atoms with Gasteiger partial charge >= 0.3 is 17.7 Å². The lowest BCUT2D eigenvalue weighted by Gasteiger charge is -2.30. The highest BCUT2D eigenvalue weighted by Gasteiger charge is 2.59. The van der Waals surface area contributed by atoms with E-state index >= 15 is 0 Å². The third-order valence-corrected chi connectivity index (χ3v) is 3.14. The second kappa shape index (κ2) is 5.08. The van der Waals surface area contributed by atoms with Crippen molar-refractivity contribution in [3.63, 3.8) is 0 Å². The maximum absolute atomic E-state index is 12.1. The van der Waals surface area contributed by atoms with E-state index in [9.17, 15) is 24.3 Å². The molecule has 2 N–H and O–H groups in total. The smallest absolute Gasteiger partial charge is 0.372 e. The van der Waals surface area contributed by atoms with Gasteiger partial charge in [-0.3, -0.25) is 19.2 Å². The minimum atomic E-state index is -2.14. The third kappa shape index (κ3) is 2.20. The maximum atomic E-state index is 12.1. The Balaban J connectivity index is 2.17. The fraction of sp³-hybridized carbons (Fsp3) is 0.636. The van der Waals surface area contributed by atoms with Crippen LogP contribution in [0.15, 0.2) is 0 Å². The number of hydrogen-bond donors (Lipinski definition) is 2. The molecule has 0 aromatic carbocycles. The summed E-state index contributed by atoms with van der Waals surface area (Å²) >= 11 is 0. The van der Waals surface area contributed by atoms with Crippen LogP contribution in [0.4, 0.5) is 0 Å². The molecule has 0 aliphatic carbocycles. The molecule has 2 saturated heterocycles. The van der Waals surface area contributed by atoms with Crippen LogP contribution in [0.1, 0.15) is 26.2 Å². The number of hydrogen-bond acceptors (Lipinski definition) is 6. The van der Waals surface area contributed by atoms with Crippen LogP contribution < -0.4 is 5.32 Å². The number of carbonyl (C=O) groups excluding carboxylic acids is 3. The van der Waals surface area contributed by atoms with Gasteiger partial charge < -0.3 is 15.2 Å². The lowest BCUT2D eigenvalue weighted by atomic mass is 10.1. The van der Waals surface area contributed by atoms with E-state index in [1.54, 1.807) is 6.92 Å². The van der Waals surface area contributed by atoms with E-state index in [1.807, 2.05) is 0 Å². The molecule has 20 heavy (non-hydrogen) atoms. The van der Waals surface area contributed by atoms with E-state index < -0.39 is 29.6 Å². The molecular weight excluding hydrogens is 272 g/mol. The van der Waals surface area contributed by atoms with Crippen molar-refractivity contribution in [2.45, 2.75) is 38.0 Å². The predicted molar refractivity (Wildman–Crippen MR) is 60.7 cm³/mol. The van der Waals surface area contributed by atoms with Crippen molar-refractivity contribution in [1.82, 2.24) is 10.4 Å². The SMILES string of the molecule is CCC(=O)N[C@H]1CON(C2(C(=O)O)CCC(=O)O2)C1=O. The number of esters is 1. The number of nitrogens with zero attached hydrogens (tertiary/aromatic N) is 1.